The molecule has 12 nitrogen and oxygen atoms in total. The quantitative estimate of drug-likeness (QED) is 0.238. The lowest BCUT2D eigenvalue weighted by Gasteiger charge is -2.45. The summed E-state index contributed by atoms with van der Waals surface area (Å²) in [5, 5.41) is 59.4. The van der Waals surface area contributed by atoms with Gasteiger partial charge in [0.15, 0.2) is 12.6 Å². The van der Waals surface area contributed by atoms with Gasteiger partial charge in [0.1, 0.15) is 55.4 Å². The molecule has 2 aliphatic heterocycles. The van der Waals surface area contributed by atoms with E-state index in [0.29, 0.717) is 0 Å². The second-order valence-corrected chi connectivity index (χ2v) is 6.36. The molecule has 2 aliphatic rings. The molecular formula is C15H26O12. The van der Waals surface area contributed by atoms with Gasteiger partial charge in [-0.3, -0.25) is 4.79 Å². The van der Waals surface area contributed by atoms with Crippen LogP contribution in [0.15, 0.2) is 0 Å². The molecule has 2 rings (SSSR count). The van der Waals surface area contributed by atoms with E-state index < -0.39 is 74.0 Å². The molecule has 0 radical (unpaired) electrons. The maximum absolute atomic E-state index is 10.9. The molecule has 0 spiro atoms. The SMILES string of the molecule is CO[C@@H]1O[C@H](COC(C)=O)[C@H](O)[C@H](O)[C@H]1O[C@@H]1O[C@H](CO)[C@H](O)[C@H](O)[C@H]1O. The Kier molecular flexibility index (Phi) is 7.88. The standard InChI is InChI=1S/C15H26O12/c1-5(17)24-4-7-9(19)11(21)13(15(23-2)26-7)27-14-12(22)10(20)8(18)6(3-16)25-14/h6-16,18-22H,3-4H2,1-2H3/t6-,7-,8+,9+,10+,11+,12-,13-,14+,15-/m1/s1. The molecule has 2 heterocycles. The summed E-state index contributed by atoms with van der Waals surface area (Å²) in [4.78, 5) is 10.9. The molecule has 2 fully saturated rings. The maximum atomic E-state index is 10.9. The number of aliphatic hydroxyl groups is 6. The van der Waals surface area contributed by atoms with Crippen molar-refractivity contribution in [1.82, 2.24) is 0 Å². The van der Waals surface area contributed by atoms with Crippen LogP contribution in [0.2, 0.25) is 0 Å². The monoisotopic (exact) mass is 398 g/mol. The summed E-state index contributed by atoms with van der Waals surface area (Å²) in [5.41, 5.74) is 0. The Labute approximate surface area is 154 Å². The van der Waals surface area contributed by atoms with Crippen LogP contribution in [0.5, 0.6) is 0 Å². The molecule has 158 valence electrons. The average Bonchev–Trinajstić information content (AvgIpc) is 2.64. The third-order valence-electron chi connectivity index (χ3n) is 4.47. The summed E-state index contributed by atoms with van der Waals surface area (Å²) < 4.78 is 25.9. The topological polar surface area (TPSA) is 185 Å². The second-order valence-electron chi connectivity index (χ2n) is 6.36. The number of carbonyl (C=O) groups excluding carboxylic acids is 1. The zero-order valence-corrected chi connectivity index (χ0v) is 14.8. The van der Waals surface area contributed by atoms with Gasteiger partial charge in [0.25, 0.3) is 0 Å². The summed E-state index contributed by atoms with van der Waals surface area (Å²) in [5.74, 6) is -0.603. The van der Waals surface area contributed by atoms with E-state index in [-0.39, 0.29) is 6.61 Å². The van der Waals surface area contributed by atoms with Gasteiger partial charge >= 0.3 is 5.97 Å². The summed E-state index contributed by atoms with van der Waals surface area (Å²) in [6.45, 7) is 0.181. The van der Waals surface area contributed by atoms with E-state index in [4.69, 9.17) is 23.7 Å². The van der Waals surface area contributed by atoms with Crippen molar-refractivity contribution in [2.24, 2.45) is 0 Å². The van der Waals surface area contributed by atoms with Gasteiger partial charge in [0.05, 0.1) is 6.61 Å². The van der Waals surface area contributed by atoms with Crippen molar-refractivity contribution in [3.63, 3.8) is 0 Å². The molecule has 0 aromatic rings. The van der Waals surface area contributed by atoms with Crippen molar-refractivity contribution in [1.29, 1.82) is 0 Å². The number of hydrogen-bond acceptors (Lipinski definition) is 12. The average molecular weight is 398 g/mol. The molecule has 10 atom stereocenters. The van der Waals surface area contributed by atoms with Crippen LogP contribution >= 0.6 is 0 Å². The number of methoxy groups -OCH3 is 1. The van der Waals surface area contributed by atoms with Crippen LogP contribution in [-0.2, 0) is 28.5 Å². The Morgan fingerprint density at radius 2 is 1.48 bits per heavy atom. The number of aliphatic hydroxyl groups excluding tert-OH is 6. The third-order valence-corrected chi connectivity index (χ3v) is 4.47. The lowest BCUT2D eigenvalue weighted by atomic mass is 9.97. The van der Waals surface area contributed by atoms with Gasteiger partial charge < -0.3 is 54.3 Å². The Balaban J connectivity index is 2.09. The van der Waals surface area contributed by atoms with Crippen molar-refractivity contribution in [2.75, 3.05) is 20.3 Å². The van der Waals surface area contributed by atoms with E-state index in [1.807, 2.05) is 0 Å². The van der Waals surface area contributed by atoms with Gasteiger partial charge in [-0.2, -0.15) is 0 Å². The van der Waals surface area contributed by atoms with Crippen LogP contribution in [-0.4, -0.2) is 118 Å². The lowest BCUT2D eigenvalue weighted by molar-refractivity contribution is -0.364. The van der Waals surface area contributed by atoms with Gasteiger partial charge in [-0.15, -0.1) is 0 Å². The molecule has 0 aromatic heterocycles. The number of ether oxygens (including phenoxy) is 5. The Morgan fingerprint density at radius 3 is 2.04 bits per heavy atom. The van der Waals surface area contributed by atoms with Crippen LogP contribution in [0.25, 0.3) is 0 Å². The minimum atomic E-state index is -1.71. The minimum Gasteiger partial charge on any atom is -0.463 e. The highest BCUT2D eigenvalue weighted by molar-refractivity contribution is 5.65. The van der Waals surface area contributed by atoms with Crippen molar-refractivity contribution in [3.05, 3.63) is 0 Å². The number of carbonyl (C=O) groups is 1. The van der Waals surface area contributed by atoms with Gasteiger partial charge in [-0.25, -0.2) is 0 Å². The highest BCUT2D eigenvalue weighted by Crippen LogP contribution is 2.29. The van der Waals surface area contributed by atoms with E-state index >= 15 is 0 Å². The van der Waals surface area contributed by atoms with Crippen LogP contribution in [0, 0.1) is 0 Å². The van der Waals surface area contributed by atoms with Gasteiger partial charge in [-0.05, 0) is 0 Å². The predicted molar refractivity (Wildman–Crippen MR) is 83.0 cm³/mol. The summed E-state index contributed by atoms with van der Waals surface area (Å²) in [7, 11) is 1.24. The summed E-state index contributed by atoms with van der Waals surface area (Å²) in [6.07, 6.45) is -14.5. The minimum absolute atomic E-state index is 0.333. The number of esters is 1. The first kappa shape index (κ1) is 22.4. The Bertz CT molecular complexity index is 485. The van der Waals surface area contributed by atoms with Crippen molar-refractivity contribution >= 4 is 5.97 Å². The fraction of sp³-hybridized carbons (Fsp3) is 0.933. The molecule has 2 saturated heterocycles. The zero-order valence-electron chi connectivity index (χ0n) is 14.8. The first-order chi connectivity index (χ1) is 12.7. The molecule has 0 saturated carbocycles. The van der Waals surface area contributed by atoms with Gasteiger partial charge in [0, 0.05) is 14.0 Å². The lowest BCUT2D eigenvalue weighted by Crippen LogP contribution is -2.64. The molecule has 6 N–H and O–H groups in total. The van der Waals surface area contributed by atoms with Crippen LogP contribution in [0.3, 0.4) is 0 Å². The van der Waals surface area contributed by atoms with Gasteiger partial charge in [0.2, 0.25) is 0 Å². The number of hydrogen-bond donors (Lipinski definition) is 6. The Morgan fingerprint density at radius 1 is 0.889 bits per heavy atom. The van der Waals surface area contributed by atoms with E-state index in [1.165, 1.54) is 14.0 Å². The summed E-state index contributed by atoms with van der Waals surface area (Å²) >= 11 is 0. The van der Waals surface area contributed by atoms with Crippen LogP contribution in [0.4, 0.5) is 0 Å². The largest absolute Gasteiger partial charge is 0.463 e. The van der Waals surface area contributed by atoms with Crippen molar-refractivity contribution in [3.8, 4) is 0 Å². The number of rotatable bonds is 6. The molecule has 12 heteroatoms. The van der Waals surface area contributed by atoms with E-state index in [2.05, 4.69) is 0 Å². The summed E-state index contributed by atoms with van der Waals surface area (Å²) in [6, 6.07) is 0. The highest BCUT2D eigenvalue weighted by atomic mass is 16.8. The van der Waals surface area contributed by atoms with Crippen molar-refractivity contribution < 1.29 is 59.1 Å². The highest BCUT2D eigenvalue weighted by Gasteiger charge is 2.50. The molecule has 27 heavy (non-hydrogen) atoms. The normalized spacial score (nSPS) is 45.5. The second kappa shape index (κ2) is 9.52. The van der Waals surface area contributed by atoms with Gasteiger partial charge in [-0.1, -0.05) is 0 Å². The first-order valence-electron chi connectivity index (χ1n) is 8.35. The van der Waals surface area contributed by atoms with E-state index in [1.54, 1.807) is 0 Å². The molecular weight excluding hydrogens is 372 g/mol. The Hall–Kier alpha value is -0.930. The molecule has 0 aromatic carbocycles. The van der Waals surface area contributed by atoms with Crippen molar-refractivity contribution in [2.45, 2.75) is 68.3 Å². The third kappa shape index (κ3) is 4.92. The molecule has 0 unspecified atom stereocenters. The van der Waals surface area contributed by atoms with Crippen LogP contribution in [0.1, 0.15) is 6.92 Å². The maximum Gasteiger partial charge on any atom is 0.302 e. The smallest absolute Gasteiger partial charge is 0.302 e. The fourth-order valence-corrected chi connectivity index (χ4v) is 2.91. The van der Waals surface area contributed by atoms with E-state index in [9.17, 15) is 35.4 Å². The fourth-order valence-electron chi connectivity index (χ4n) is 2.91. The first-order valence-corrected chi connectivity index (χ1v) is 8.35. The zero-order chi connectivity index (χ0) is 20.3. The van der Waals surface area contributed by atoms with E-state index in [0.717, 1.165) is 0 Å². The predicted octanol–water partition coefficient (Wildman–Crippen LogP) is -4.17. The van der Waals surface area contributed by atoms with Crippen LogP contribution < -0.4 is 0 Å². The molecule has 0 amide bonds. The molecule has 0 bridgehead atoms. The molecule has 0 aliphatic carbocycles.